The molecule has 0 aliphatic carbocycles. The van der Waals surface area contributed by atoms with Gasteiger partial charge in [0.2, 0.25) is 0 Å². The molecule has 4 aliphatic rings. The van der Waals surface area contributed by atoms with E-state index in [1.165, 1.54) is 47.5 Å². The smallest absolute Gasteiger partial charge is 0.109 e. The first kappa shape index (κ1) is 16.2. The van der Waals surface area contributed by atoms with Crippen LogP contribution < -0.4 is 0 Å². The lowest BCUT2D eigenvalue weighted by Gasteiger charge is -2.45. The van der Waals surface area contributed by atoms with Crippen molar-refractivity contribution in [2.24, 2.45) is 5.92 Å². The summed E-state index contributed by atoms with van der Waals surface area (Å²) < 4.78 is 6.84. The molecule has 2 nitrogen and oxygen atoms in total. The van der Waals surface area contributed by atoms with Crippen LogP contribution in [0.3, 0.4) is 0 Å². The topological polar surface area (TPSA) is 12.5 Å². The molecule has 4 heterocycles. The Labute approximate surface area is 158 Å². The molecule has 0 unspecified atom stereocenters. The number of fused-ring (bicyclic) bond motifs is 5. The molecule has 4 aliphatic heterocycles. The van der Waals surface area contributed by atoms with Crippen molar-refractivity contribution in [2.45, 2.75) is 35.7 Å². The Hall–Kier alpha value is -1.00. The van der Waals surface area contributed by atoms with E-state index >= 15 is 0 Å². The maximum absolute atomic E-state index is 6.84. The van der Waals surface area contributed by atoms with Crippen LogP contribution in [0.2, 0.25) is 5.02 Å². The molecule has 0 radical (unpaired) electrons. The predicted octanol–water partition coefficient (Wildman–Crippen LogP) is 5.15. The van der Waals surface area contributed by atoms with Gasteiger partial charge in [0.1, 0.15) is 6.10 Å². The predicted molar refractivity (Wildman–Crippen MR) is 103 cm³/mol. The average Bonchev–Trinajstić information content (AvgIpc) is 2.80. The van der Waals surface area contributed by atoms with Crippen LogP contribution in [-0.4, -0.2) is 30.6 Å². The second-order valence-electron chi connectivity index (χ2n) is 7.36. The van der Waals surface area contributed by atoms with E-state index in [2.05, 4.69) is 41.3 Å². The third-order valence-corrected chi connectivity index (χ3v) is 7.26. The fourth-order valence-electron chi connectivity index (χ4n) is 4.49. The Kier molecular flexibility index (Phi) is 4.29. The van der Waals surface area contributed by atoms with Gasteiger partial charge in [0.15, 0.2) is 0 Å². The number of rotatable bonds is 2. The molecule has 130 valence electrons. The van der Waals surface area contributed by atoms with E-state index in [4.69, 9.17) is 16.3 Å². The van der Waals surface area contributed by atoms with Gasteiger partial charge in [-0.15, -0.1) is 11.8 Å². The summed E-state index contributed by atoms with van der Waals surface area (Å²) in [6.45, 7) is 3.56. The monoisotopic (exact) mass is 371 g/mol. The lowest BCUT2D eigenvalue weighted by atomic mass is 9.85. The highest BCUT2D eigenvalue weighted by Crippen LogP contribution is 2.44. The van der Waals surface area contributed by atoms with Crippen molar-refractivity contribution in [3.05, 3.63) is 64.2 Å². The summed E-state index contributed by atoms with van der Waals surface area (Å²) in [5.74, 6) is 1.70. The SMILES string of the molecule is Clc1ccc2c(c1)[C@@H](O[C@H]1CN3CCC1CC3)c1ccccc1CS2. The molecule has 0 aromatic heterocycles. The van der Waals surface area contributed by atoms with Gasteiger partial charge in [-0.2, -0.15) is 0 Å². The number of hydrogen-bond acceptors (Lipinski definition) is 3. The zero-order chi connectivity index (χ0) is 16.8. The third-order valence-electron chi connectivity index (χ3n) is 5.88. The first-order valence-electron chi connectivity index (χ1n) is 9.16. The van der Waals surface area contributed by atoms with Gasteiger partial charge in [-0.05, 0) is 61.2 Å². The van der Waals surface area contributed by atoms with Gasteiger partial charge in [0.05, 0.1) is 6.10 Å². The van der Waals surface area contributed by atoms with E-state index in [-0.39, 0.29) is 6.10 Å². The van der Waals surface area contributed by atoms with Gasteiger partial charge >= 0.3 is 0 Å². The fraction of sp³-hybridized carbons (Fsp3) is 0.429. The van der Waals surface area contributed by atoms with Crippen LogP contribution >= 0.6 is 23.4 Å². The summed E-state index contributed by atoms with van der Waals surface area (Å²) in [5, 5.41) is 0.793. The fourth-order valence-corrected chi connectivity index (χ4v) is 5.74. The van der Waals surface area contributed by atoms with Gasteiger partial charge in [0.25, 0.3) is 0 Å². The maximum Gasteiger partial charge on any atom is 0.109 e. The lowest BCUT2D eigenvalue weighted by Crippen LogP contribution is -2.51. The maximum atomic E-state index is 6.84. The number of ether oxygens (including phenoxy) is 1. The second-order valence-corrected chi connectivity index (χ2v) is 8.82. The van der Waals surface area contributed by atoms with Gasteiger partial charge in [-0.25, -0.2) is 0 Å². The number of hydrogen-bond donors (Lipinski definition) is 0. The largest absolute Gasteiger partial charge is 0.364 e. The number of nitrogens with zero attached hydrogens (tertiary/aromatic N) is 1. The summed E-state index contributed by atoms with van der Waals surface area (Å²) in [5.41, 5.74) is 3.93. The molecular formula is C21H22ClNOS. The molecule has 2 atom stereocenters. The molecule has 0 saturated carbocycles. The van der Waals surface area contributed by atoms with E-state index in [0.29, 0.717) is 12.0 Å². The van der Waals surface area contributed by atoms with Crippen LogP contribution in [0.15, 0.2) is 47.4 Å². The first-order valence-corrected chi connectivity index (χ1v) is 10.5. The van der Waals surface area contributed by atoms with Crippen LogP contribution in [0.1, 0.15) is 35.6 Å². The number of halogens is 1. The minimum absolute atomic E-state index is 0.00884. The molecular weight excluding hydrogens is 350 g/mol. The average molecular weight is 372 g/mol. The van der Waals surface area contributed by atoms with Gasteiger partial charge in [-0.3, -0.25) is 0 Å². The Morgan fingerprint density at radius 2 is 1.88 bits per heavy atom. The minimum atomic E-state index is -0.00884. The summed E-state index contributed by atoms with van der Waals surface area (Å²) in [7, 11) is 0. The molecule has 2 aromatic carbocycles. The third kappa shape index (κ3) is 3.02. The molecule has 3 fully saturated rings. The number of benzene rings is 2. The minimum Gasteiger partial charge on any atom is -0.364 e. The second kappa shape index (κ2) is 6.62. The van der Waals surface area contributed by atoms with Gasteiger partial charge in [-0.1, -0.05) is 35.9 Å². The van der Waals surface area contributed by atoms with Crippen LogP contribution in [0.4, 0.5) is 0 Å². The highest BCUT2D eigenvalue weighted by atomic mass is 35.5. The van der Waals surface area contributed by atoms with E-state index in [9.17, 15) is 0 Å². The molecule has 4 heteroatoms. The van der Waals surface area contributed by atoms with Crippen LogP contribution in [0.25, 0.3) is 0 Å². The van der Waals surface area contributed by atoms with Crippen molar-refractivity contribution in [2.75, 3.05) is 19.6 Å². The summed E-state index contributed by atoms with van der Waals surface area (Å²) in [4.78, 5) is 3.85. The van der Waals surface area contributed by atoms with Crippen molar-refractivity contribution in [1.29, 1.82) is 0 Å². The van der Waals surface area contributed by atoms with Crippen LogP contribution in [-0.2, 0) is 10.5 Å². The van der Waals surface area contributed by atoms with Crippen molar-refractivity contribution in [1.82, 2.24) is 4.90 Å². The highest BCUT2D eigenvalue weighted by molar-refractivity contribution is 7.98. The number of piperidine rings is 3. The Morgan fingerprint density at radius 1 is 1.04 bits per heavy atom. The highest BCUT2D eigenvalue weighted by Gasteiger charge is 2.37. The lowest BCUT2D eigenvalue weighted by molar-refractivity contribution is -0.0933. The van der Waals surface area contributed by atoms with Crippen molar-refractivity contribution in [3.8, 4) is 0 Å². The Balaban J connectivity index is 1.56. The molecule has 0 spiro atoms. The van der Waals surface area contributed by atoms with E-state index < -0.39 is 0 Å². The quantitative estimate of drug-likeness (QED) is 0.724. The van der Waals surface area contributed by atoms with Gasteiger partial charge in [0, 0.05) is 27.8 Å². The molecule has 0 amide bonds. The van der Waals surface area contributed by atoms with E-state index in [1.54, 1.807) is 0 Å². The molecule has 0 N–H and O–H groups in total. The van der Waals surface area contributed by atoms with Crippen LogP contribution in [0, 0.1) is 5.92 Å². The molecule has 25 heavy (non-hydrogen) atoms. The molecule has 6 rings (SSSR count). The normalized spacial score (nSPS) is 30.4. The standard InChI is InChI=1S/C21H22ClNOS/c22-16-5-6-20-18(11-16)21(17-4-2-1-3-15(17)13-25-20)24-19-12-23-9-7-14(19)8-10-23/h1-6,11,14,19,21H,7-10,12-13H2/t19-,21-/m0/s1. The van der Waals surface area contributed by atoms with Crippen molar-refractivity contribution < 1.29 is 4.74 Å². The molecule has 2 aromatic rings. The van der Waals surface area contributed by atoms with E-state index in [0.717, 1.165) is 17.3 Å². The van der Waals surface area contributed by atoms with Crippen LogP contribution in [0.5, 0.6) is 0 Å². The van der Waals surface area contributed by atoms with E-state index in [1.807, 2.05) is 17.8 Å². The summed E-state index contributed by atoms with van der Waals surface area (Å²) in [6.07, 6.45) is 2.87. The molecule has 2 bridgehead atoms. The van der Waals surface area contributed by atoms with Crippen molar-refractivity contribution in [3.63, 3.8) is 0 Å². The number of thioether (sulfide) groups is 1. The zero-order valence-electron chi connectivity index (χ0n) is 14.2. The van der Waals surface area contributed by atoms with Crippen molar-refractivity contribution >= 4 is 23.4 Å². The van der Waals surface area contributed by atoms with Gasteiger partial charge < -0.3 is 9.64 Å². The Morgan fingerprint density at radius 3 is 2.68 bits per heavy atom. The summed E-state index contributed by atoms with van der Waals surface area (Å²) in [6, 6.07) is 15.0. The summed E-state index contributed by atoms with van der Waals surface area (Å²) >= 11 is 8.25. The molecule has 3 saturated heterocycles. The zero-order valence-corrected chi connectivity index (χ0v) is 15.7. The Bertz CT molecular complexity index is 787. The first-order chi connectivity index (χ1) is 12.3.